The fraction of sp³-hybridized carbons (Fsp3) is 0.529. The third kappa shape index (κ3) is 8.31. The van der Waals surface area contributed by atoms with Crippen molar-refractivity contribution >= 4 is 16.9 Å². The molecule has 1 N–H and O–H groups in total. The number of hydrogen-bond donors (Lipinski definition) is 1. The van der Waals surface area contributed by atoms with Crippen molar-refractivity contribution in [2.24, 2.45) is 5.41 Å². The molecule has 3 heterocycles. The van der Waals surface area contributed by atoms with Gasteiger partial charge in [-0.15, -0.1) is 0 Å². The van der Waals surface area contributed by atoms with Crippen LogP contribution in [-0.2, 0) is 22.5 Å². The summed E-state index contributed by atoms with van der Waals surface area (Å²) in [5.74, 6) is -3.02. The van der Waals surface area contributed by atoms with E-state index in [2.05, 4.69) is 14.8 Å². The number of likely N-dealkylation sites (tertiary alicyclic amines) is 1. The molecular formula is C34H41F4N3O4. The predicted molar refractivity (Wildman–Crippen MR) is 162 cm³/mol. The zero-order chi connectivity index (χ0) is 32.0. The summed E-state index contributed by atoms with van der Waals surface area (Å²) in [7, 11) is 1.57. The lowest BCUT2D eigenvalue weighted by Gasteiger charge is -2.41. The van der Waals surface area contributed by atoms with E-state index < -0.39 is 35.0 Å². The number of methoxy groups -OCH3 is 1. The van der Waals surface area contributed by atoms with Crippen LogP contribution in [0.25, 0.3) is 10.9 Å². The van der Waals surface area contributed by atoms with Crippen LogP contribution in [0.15, 0.2) is 36.5 Å². The van der Waals surface area contributed by atoms with Gasteiger partial charge in [-0.05, 0) is 87.3 Å². The van der Waals surface area contributed by atoms with Crippen LogP contribution < -0.4 is 4.74 Å². The second-order valence-corrected chi connectivity index (χ2v) is 12.3. The van der Waals surface area contributed by atoms with Crippen molar-refractivity contribution in [2.75, 3.05) is 53.0 Å². The van der Waals surface area contributed by atoms with E-state index in [1.807, 2.05) is 12.1 Å². The van der Waals surface area contributed by atoms with Gasteiger partial charge >= 0.3 is 5.97 Å². The van der Waals surface area contributed by atoms with Gasteiger partial charge in [-0.3, -0.25) is 14.7 Å². The van der Waals surface area contributed by atoms with Crippen molar-refractivity contribution in [2.45, 2.75) is 57.7 Å². The molecule has 0 amide bonds. The Morgan fingerprint density at radius 1 is 1.07 bits per heavy atom. The summed E-state index contributed by atoms with van der Waals surface area (Å²) in [6.07, 6.45) is 2.72. The molecule has 2 aliphatic rings. The van der Waals surface area contributed by atoms with E-state index >= 15 is 4.39 Å². The molecule has 2 saturated heterocycles. The minimum atomic E-state index is -1.33. The van der Waals surface area contributed by atoms with Crippen molar-refractivity contribution < 1.29 is 36.9 Å². The molecule has 1 aromatic heterocycles. The number of carboxylic acids is 1. The number of benzene rings is 2. The fourth-order valence-electron chi connectivity index (χ4n) is 6.81. The maximum absolute atomic E-state index is 16.5. The topological polar surface area (TPSA) is 75.1 Å². The Kier molecular flexibility index (Phi) is 10.9. The van der Waals surface area contributed by atoms with E-state index in [0.29, 0.717) is 99.4 Å². The summed E-state index contributed by atoms with van der Waals surface area (Å²) >= 11 is 0. The lowest BCUT2D eigenvalue weighted by Crippen LogP contribution is -2.41. The van der Waals surface area contributed by atoms with Crippen molar-refractivity contribution in [1.82, 2.24) is 14.8 Å². The minimum absolute atomic E-state index is 0.0505. The molecule has 5 rings (SSSR count). The number of aliphatic carboxylic acids is 1. The number of aromatic nitrogens is 1. The van der Waals surface area contributed by atoms with Gasteiger partial charge in [0.1, 0.15) is 29.4 Å². The monoisotopic (exact) mass is 631 g/mol. The van der Waals surface area contributed by atoms with Crippen LogP contribution in [0.1, 0.15) is 61.4 Å². The number of alkyl halides is 1. The maximum atomic E-state index is 16.5. The normalized spacial score (nSPS) is 18.2. The zero-order valence-corrected chi connectivity index (χ0v) is 25.7. The van der Waals surface area contributed by atoms with E-state index in [-0.39, 0.29) is 24.8 Å². The van der Waals surface area contributed by atoms with E-state index in [1.165, 1.54) is 0 Å². The number of carboxylic acid groups (broad SMARTS) is 1. The lowest BCUT2D eigenvalue weighted by atomic mass is 9.71. The van der Waals surface area contributed by atoms with E-state index in [0.717, 1.165) is 18.7 Å². The Hall–Kier alpha value is -3.28. The summed E-state index contributed by atoms with van der Waals surface area (Å²) < 4.78 is 68.8. The third-order valence-corrected chi connectivity index (χ3v) is 9.39. The number of hydrogen-bond acceptors (Lipinski definition) is 6. The molecule has 1 unspecified atom stereocenters. The Balaban J connectivity index is 1.27. The number of ether oxygens (including phenoxy) is 2. The summed E-state index contributed by atoms with van der Waals surface area (Å²) in [4.78, 5) is 20.9. The van der Waals surface area contributed by atoms with Crippen LogP contribution in [0.3, 0.4) is 0 Å². The number of rotatable bonds is 13. The smallest absolute Gasteiger partial charge is 0.303 e. The largest absolute Gasteiger partial charge is 0.497 e. The average Bonchev–Trinajstić information content (AvgIpc) is 3.02. The second-order valence-electron chi connectivity index (χ2n) is 12.3. The van der Waals surface area contributed by atoms with Gasteiger partial charge < -0.3 is 19.5 Å². The standard InChI is InChI=1S/C34H41F4N3O4/c1-44-25-4-5-31-27(19-25)33(23(21-39-31)22-41-13-15-45-16-14-41)28(36)6-7-34(20-32(42)43)8-11-40(12-9-34)10-2-3-26-29(37)17-24(35)18-30(26)38/h4-5,17-19,21,28H,2-3,6-16,20,22H2,1H3,(H,42,43). The van der Waals surface area contributed by atoms with Gasteiger partial charge in [0.05, 0.1) is 32.3 Å². The van der Waals surface area contributed by atoms with Crippen LogP contribution >= 0.6 is 0 Å². The van der Waals surface area contributed by atoms with Gasteiger partial charge in [-0.1, -0.05) is 0 Å². The fourth-order valence-corrected chi connectivity index (χ4v) is 6.81. The second kappa shape index (κ2) is 14.9. The molecule has 2 fully saturated rings. The first kappa shape index (κ1) is 33.1. The number of halogens is 4. The van der Waals surface area contributed by atoms with Crippen molar-refractivity contribution in [3.8, 4) is 5.75 Å². The van der Waals surface area contributed by atoms with Crippen LogP contribution in [0.4, 0.5) is 17.6 Å². The summed E-state index contributed by atoms with van der Waals surface area (Å²) in [6, 6.07) is 6.82. The maximum Gasteiger partial charge on any atom is 0.303 e. The molecular weight excluding hydrogens is 590 g/mol. The van der Waals surface area contributed by atoms with Crippen LogP contribution in [0, 0.1) is 22.9 Å². The van der Waals surface area contributed by atoms with Crippen molar-refractivity contribution in [1.29, 1.82) is 0 Å². The molecule has 1 atom stereocenters. The highest BCUT2D eigenvalue weighted by Gasteiger charge is 2.37. The van der Waals surface area contributed by atoms with Gasteiger partial charge in [0.15, 0.2) is 0 Å². The highest BCUT2D eigenvalue weighted by molar-refractivity contribution is 5.85. The Morgan fingerprint density at radius 3 is 2.44 bits per heavy atom. The molecule has 244 valence electrons. The molecule has 0 bridgehead atoms. The molecule has 0 saturated carbocycles. The first-order valence-electron chi connectivity index (χ1n) is 15.6. The summed E-state index contributed by atoms with van der Waals surface area (Å²) in [5.41, 5.74) is 1.37. The van der Waals surface area contributed by atoms with Gasteiger partial charge in [0.25, 0.3) is 0 Å². The number of nitrogens with zero attached hydrogens (tertiary/aromatic N) is 3. The number of piperidine rings is 1. The Morgan fingerprint density at radius 2 is 1.78 bits per heavy atom. The van der Waals surface area contributed by atoms with Gasteiger partial charge in [-0.25, -0.2) is 17.6 Å². The molecule has 3 aromatic rings. The molecule has 0 spiro atoms. The first-order valence-corrected chi connectivity index (χ1v) is 15.6. The lowest BCUT2D eigenvalue weighted by molar-refractivity contribution is -0.141. The number of morpholine rings is 1. The first-order chi connectivity index (χ1) is 21.7. The van der Waals surface area contributed by atoms with Crippen LogP contribution in [-0.4, -0.2) is 78.9 Å². The van der Waals surface area contributed by atoms with Crippen LogP contribution in [0.2, 0.25) is 0 Å². The predicted octanol–water partition coefficient (Wildman–Crippen LogP) is 6.47. The zero-order valence-electron chi connectivity index (χ0n) is 25.7. The Labute approximate surface area is 261 Å². The molecule has 0 radical (unpaired) electrons. The summed E-state index contributed by atoms with van der Waals surface area (Å²) in [6.45, 7) is 5.07. The number of pyridine rings is 1. The number of fused-ring (bicyclic) bond motifs is 1. The van der Waals surface area contributed by atoms with Crippen LogP contribution in [0.5, 0.6) is 5.75 Å². The Bertz CT molecular complexity index is 1450. The SMILES string of the molecule is COc1ccc2ncc(CN3CCOCC3)c(C(F)CCC3(CC(=O)O)CCN(CCCc4c(F)cc(F)cc4F)CC3)c2c1. The number of carbonyl (C=O) groups is 1. The van der Waals surface area contributed by atoms with Crippen molar-refractivity contribution in [3.05, 3.63) is 70.7 Å². The van der Waals surface area contributed by atoms with E-state index in [4.69, 9.17) is 9.47 Å². The highest BCUT2D eigenvalue weighted by Crippen LogP contribution is 2.43. The molecule has 0 aliphatic carbocycles. The van der Waals surface area contributed by atoms with Gasteiger partial charge in [-0.2, -0.15) is 0 Å². The molecule has 11 heteroatoms. The third-order valence-electron chi connectivity index (χ3n) is 9.39. The molecule has 2 aromatic carbocycles. The molecule has 7 nitrogen and oxygen atoms in total. The van der Waals surface area contributed by atoms with Gasteiger partial charge in [0, 0.05) is 54.5 Å². The minimum Gasteiger partial charge on any atom is -0.497 e. The average molecular weight is 632 g/mol. The molecule has 45 heavy (non-hydrogen) atoms. The molecule has 2 aliphatic heterocycles. The highest BCUT2D eigenvalue weighted by atomic mass is 19.1. The van der Waals surface area contributed by atoms with E-state index in [9.17, 15) is 23.1 Å². The summed E-state index contributed by atoms with van der Waals surface area (Å²) in [5, 5.41) is 10.5. The van der Waals surface area contributed by atoms with Crippen molar-refractivity contribution in [3.63, 3.8) is 0 Å². The quantitative estimate of drug-likeness (QED) is 0.217. The van der Waals surface area contributed by atoms with E-state index in [1.54, 1.807) is 19.4 Å². The van der Waals surface area contributed by atoms with Gasteiger partial charge in [0.2, 0.25) is 0 Å².